The Kier molecular flexibility index (Phi) is 6.37. The second-order valence-electron chi connectivity index (χ2n) is 8.66. The minimum absolute atomic E-state index is 0.0501. The zero-order chi connectivity index (χ0) is 22.8. The summed E-state index contributed by atoms with van der Waals surface area (Å²) in [5.41, 5.74) is 4.38. The predicted molar refractivity (Wildman–Crippen MR) is 119 cm³/mol. The van der Waals surface area contributed by atoms with Gasteiger partial charge in [-0.25, -0.2) is 13.5 Å². The highest BCUT2D eigenvalue weighted by Gasteiger charge is 2.27. The van der Waals surface area contributed by atoms with E-state index in [2.05, 4.69) is 4.90 Å². The van der Waals surface area contributed by atoms with Crippen LogP contribution in [0, 0.1) is 17.6 Å². The lowest BCUT2D eigenvalue weighted by Gasteiger charge is -2.28. The van der Waals surface area contributed by atoms with Crippen molar-refractivity contribution in [3.8, 4) is 5.69 Å². The molecule has 5 nitrogen and oxygen atoms in total. The van der Waals surface area contributed by atoms with Gasteiger partial charge in [0.25, 0.3) is 0 Å². The van der Waals surface area contributed by atoms with Crippen LogP contribution in [0.5, 0.6) is 0 Å². The summed E-state index contributed by atoms with van der Waals surface area (Å²) in [6.45, 7) is 6.02. The van der Waals surface area contributed by atoms with Crippen LogP contribution in [-0.4, -0.2) is 39.1 Å². The Morgan fingerprint density at radius 3 is 2.53 bits per heavy atom. The second-order valence-corrected chi connectivity index (χ2v) is 8.66. The number of fused-ring (bicyclic) bond motifs is 1. The van der Waals surface area contributed by atoms with Crippen LogP contribution in [-0.2, 0) is 30.8 Å². The van der Waals surface area contributed by atoms with Crippen LogP contribution in [0.3, 0.4) is 0 Å². The lowest BCUT2D eigenvalue weighted by molar-refractivity contribution is -0.133. The average molecular weight is 439 g/mol. The summed E-state index contributed by atoms with van der Waals surface area (Å²) >= 11 is 0. The normalized spacial score (nSPS) is 13.9. The standard InChI is InChI=1S/C25H28F2N4O/c1-17(2)25(32)29(3)16-23-21-15-30(14-18-6-4-5-7-22(18)27)13-12-24(21)31(28-23)20-10-8-19(26)9-11-20/h4-11,17H,12-16H2,1-3H3. The van der Waals surface area contributed by atoms with E-state index >= 15 is 0 Å². The Balaban J connectivity index is 1.66. The van der Waals surface area contributed by atoms with Gasteiger partial charge < -0.3 is 4.90 Å². The van der Waals surface area contributed by atoms with Crippen molar-refractivity contribution in [2.24, 2.45) is 5.92 Å². The minimum Gasteiger partial charge on any atom is -0.340 e. The SMILES string of the molecule is CC(C)C(=O)N(C)Cc1nn(-c2ccc(F)cc2)c2c1CN(Cc1ccccc1F)CC2. The Hall–Kier alpha value is -3.06. The van der Waals surface area contributed by atoms with E-state index in [0.717, 1.165) is 35.6 Å². The van der Waals surface area contributed by atoms with E-state index in [1.165, 1.54) is 18.2 Å². The molecule has 3 aromatic rings. The van der Waals surface area contributed by atoms with E-state index in [4.69, 9.17) is 5.10 Å². The summed E-state index contributed by atoms with van der Waals surface area (Å²) in [6, 6.07) is 13.1. The Morgan fingerprint density at radius 1 is 1.12 bits per heavy atom. The van der Waals surface area contributed by atoms with Crippen LogP contribution in [0.15, 0.2) is 48.5 Å². The molecule has 0 N–H and O–H groups in total. The number of carbonyl (C=O) groups is 1. The average Bonchev–Trinajstić information content (AvgIpc) is 3.13. The first-order valence-electron chi connectivity index (χ1n) is 10.9. The number of rotatable bonds is 6. The Bertz CT molecular complexity index is 1110. The fourth-order valence-corrected chi connectivity index (χ4v) is 4.21. The van der Waals surface area contributed by atoms with Gasteiger partial charge >= 0.3 is 0 Å². The van der Waals surface area contributed by atoms with Crippen molar-refractivity contribution in [1.82, 2.24) is 19.6 Å². The molecule has 1 aromatic heterocycles. The largest absolute Gasteiger partial charge is 0.340 e. The number of amides is 1. The van der Waals surface area contributed by atoms with Gasteiger partial charge in [0.05, 0.1) is 23.6 Å². The van der Waals surface area contributed by atoms with Gasteiger partial charge in [-0.2, -0.15) is 5.10 Å². The molecule has 1 aliphatic rings. The van der Waals surface area contributed by atoms with Gasteiger partial charge in [0.1, 0.15) is 11.6 Å². The van der Waals surface area contributed by atoms with Gasteiger partial charge in [0.15, 0.2) is 0 Å². The summed E-state index contributed by atoms with van der Waals surface area (Å²) in [4.78, 5) is 16.4. The van der Waals surface area contributed by atoms with Crippen LogP contribution >= 0.6 is 0 Å². The molecule has 0 fully saturated rings. The van der Waals surface area contributed by atoms with E-state index in [1.807, 2.05) is 30.7 Å². The Labute approximate surface area is 187 Å². The predicted octanol–water partition coefficient (Wildman–Crippen LogP) is 4.32. The zero-order valence-electron chi connectivity index (χ0n) is 18.7. The molecule has 0 atom stereocenters. The fraction of sp³-hybridized carbons (Fsp3) is 0.360. The Morgan fingerprint density at radius 2 is 1.84 bits per heavy atom. The third-order valence-electron chi connectivity index (χ3n) is 5.90. The molecule has 0 saturated heterocycles. The molecule has 0 aliphatic carbocycles. The van der Waals surface area contributed by atoms with Crippen molar-refractivity contribution >= 4 is 5.91 Å². The van der Waals surface area contributed by atoms with Crippen molar-refractivity contribution in [3.05, 3.63) is 82.7 Å². The van der Waals surface area contributed by atoms with Crippen molar-refractivity contribution in [3.63, 3.8) is 0 Å². The summed E-state index contributed by atoms with van der Waals surface area (Å²) < 4.78 is 29.5. The highest BCUT2D eigenvalue weighted by atomic mass is 19.1. The smallest absolute Gasteiger partial charge is 0.225 e. The molecule has 2 aromatic carbocycles. The van der Waals surface area contributed by atoms with Gasteiger partial charge in [-0.1, -0.05) is 32.0 Å². The number of carbonyl (C=O) groups excluding carboxylic acids is 1. The molecule has 32 heavy (non-hydrogen) atoms. The van der Waals surface area contributed by atoms with Gasteiger partial charge in [-0.15, -0.1) is 0 Å². The van der Waals surface area contributed by atoms with Crippen molar-refractivity contribution < 1.29 is 13.6 Å². The van der Waals surface area contributed by atoms with Gasteiger partial charge in [-0.05, 0) is 30.3 Å². The lowest BCUT2D eigenvalue weighted by Crippen LogP contribution is -2.33. The van der Waals surface area contributed by atoms with Gasteiger partial charge in [0.2, 0.25) is 5.91 Å². The van der Waals surface area contributed by atoms with Gasteiger partial charge in [-0.3, -0.25) is 9.69 Å². The molecule has 0 unspecified atom stereocenters. The molecule has 4 rings (SSSR count). The van der Waals surface area contributed by atoms with E-state index in [-0.39, 0.29) is 23.5 Å². The van der Waals surface area contributed by atoms with Crippen LogP contribution in [0.1, 0.15) is 36.4 Å². The number of hydrogen-bond acceptors (Lipinski definition) is 3. The summed E-state index contributed by atoms with van der Waals surface area (Å²) in [5.74, 6) is -0.558. The molecular weight excluding hydrogens is 410 g/mol. The quantitative estimate of drug-likeness (QED) is 0.576. The number of nitrogens with zero attached hydrogens (tertiary/aromatic N) is 4. The molecule has 0 radical (unpaired) electrons. The minimum atomic E-state index is -0.298. The maximum atomic E-state index is 14.2. The van der Waals surface area contributed by atoms with Crippen molar-refractivity contribution in [2.75, 3.05) is 13.6 Å². The van der Waals surface area contributed by atoms with Crippen LogP contribution in [0.2, 0.25) is 0 Å². The number of halogens is 2. The summed E-state index contributed by atoms with van der Waals surface area (Å²) in [6.07, 6.45) is 0.732. The molecule has 1 amide bonds. The monoisotopic (exact) mass is 438 g/mol. The maximum absolute atomic E-state index is 14.2. The fourth-order valence-electron chi connectivity index (χ4n) is 4.21. The molecule has 1 aliphatic heterocycles. The van der Waals surface area contributed by atoms with Crippen LogP contribution < -0.4 is 0 Å². The first kappa shape index (κ1) is 22.1. The molecule has 2 heterocycles. The van der Waals surface area contributed by atoms with E-state index in [9.17, 15) is 13.6 Å². The first-order chi connectivity index (χ1) is 15.3. The third kappa shape index (κ3) is 4.58. The number of hydrogen-bond donors (Lipinski definition) is 0. The molecular formula is C25H28F2N4O. The van der Waals surface area contributed by atoms with E-state index in [1.54, 1.807) is 30.1 Å². The summed E-state index contributed by atoms with van der Waals surface area (Å²) in [5, 5.41) is 4.83. The molecule has 7 heteroatoms. The van der Waals surface area contributed by atoms with E-state index < -0.39 is 0 Å². The van der Waals surface area contributed by atoms with Crippen molar-refractivity contribution in [2.45, 2.75) is 39.9 Å². The molecule has 0 saturated carbocycles. The summed E-state index contributed by atoms with van der Waals surface area (Å²) in [7, 11) is 1.78. The van der Waals surface area contributed by atoms with Crippen molar-refractivity contribution in [1.29, 1.82) is 0 Å². The van der Waals surface area contributed by atoms with Gasteiger partial charge in [0, 0.05) is 50.1 Å². The van der Waals surface area contributed by atoms with Crippen LogP contribution in [0.25, 0.3) is 5.69 Å². The molecule has 0 bridgehead atoms. The number of aromatic nitrogens is 2. The third-order valence-corrected chi connectivity index (χ3v) is 5.90. The molecule has 0 spiro atoms. The highest BCUT2D eigenvalue weighted by Crippen LogP contribution is 2.28. The maximum Gasteiger partial charge on any atom is 0.225 e. The topological polar surface area (TPSA) is 41.4 Å². The lowest BCUT2D eigenvalue weighted by atomic mass is 10.0. The highest BCUT2D eigenvalue weighted by molar-refractivity contribution is 5.77. The number of benzene rings is 2. The first-order valence-corrected chi connectivity index (χ1v) is 10.9. The second kappa shape index (κ2) is 9.20. The van der Waals surface area contributed by atoms with E-state index in [0.29, 0.717) is 25.2 Å². The molecule has 168 valence electrons. The van der Waals surface area contributed by atoms with Crippen LogP contribution in [0.4, 0.5) is 8.78 Å². The zero-order valence-corrected chi connectivity index (χ0v) is 18.7.